The zero-order valence-corrected chi connectivity index (χ0v) is 19.3. The van der Waals surface area contributed by atoms with E-state index in [2.05, 4.69) is 4.98 Å². The molecule has 0 fully saturated rings. The molecule has 0 unspecified atom stereocenters. The summed E-state index contributed by atoms with van der Waals surface area (Å²) < 4.78 is 29.5. The topological polar surface area (TPSA) is 143 Å². The Morgan fingerprint density at radius 3 is 2.35 bits per heavy atom. The number of aromatic nitrogens is 3. The highest BCUT2D eigenvalue weighted by molar-refractivity contribution is 7.89. The van der Waals surface area contributed by atoms with Gasteiger partial charge in [-0.15, -0.1) is 0 Å². The van der Waals surface area contributed by atoms with Gasteiger partial charge in [0.15, 0.2) is 5.69 Å². The molecule has 31 heavy (non-hydrogen) atoms. The summed E-state index contributed by atoms with van der Waals surface area (Å²) in [6.07, 6.45) is 2.82. The number of unbranched alkanes of at least 4 members (excludes halogenated alkanes) is 1. The SMILES string of the molecule is CCCCn1c(N)c(N(C)C(=O)c2cc(S(=O)(=O)N(CC)CC)cn2C)c(=O)[nH]c1=O. The molecule has 2 aromatic rings. The van der Waals surface area contributed by atoms with E-state index in [-0.39, 0.29) is 22.1 Å². The predicted molar refractivity (Wildman–Crippen MR) is 119 cm³/mol. The number of amides is 1. The Labute approximate surface area is 181 Å². The van der Waals surface area contributed by atoms with Crippen LogP contribution >= 0.6 is 0 Å². The largest absolute Gasteiger partial charge is 0.383 e. The van der Waals surface area contributed by atoms with Crippen molar-refractivity contribution in [3.63, 3.8) is 0 Å². The molecule has 2 heterocycles. The van der Waals surface area contributed by atoms with Gasteiger partial charge < -0.3 is 15.2 Å². The summed E-state index contributed by atoms with van der Waals surface area (Å²) >= 11 is 0. The fourth-order valence-corrected chi connectivity index (χ4v) is 4.84. The number of H-pyrrole nitrogens is 1. The minimum absolute atomic E-state index is 0.0229. The lowest BCUT2D eigenvalue weighted by Crippen LogP contribution is -2.39. The molecule has 0 saturated carbocycles. The summed E-state index contributed by atoms with van der Waals surface area (Å²) in [5, 5.41) is 0. The molecule has 0 aliphatic heterocycles. The highest BCUT2D eigenvalue weighted by Gasteiger charge is 2.28. The third kappa shape index (κ3) is 4.59. The van der Waals surface area contributed by atoms with E-state index in [1.807, 2.05) is 6.92 Å². The van der Waals surface area contributed by atoms with E-state index in [1.165, 1.54) is 39.8 Å². The smallest absolute Gasteiger partial charge is 0.330 e. The van der Waals surface area contributed by atoms with E-state index in [0.29, 0.717) is 26.1 Å². The third-order valence-corrected chi connectivity index (χ3v) is 7.15. The first kappa shape index (κ1) is 24.4. The number of anilines is 2. The van der Waals surface area contributed by atoms with Gasteiger partial charge in [-0.05, 0) is 12.5 Å². The minimum Gasteiger partial charge on any atom is -0.383 e. The van der Waals surface area contributed by atoms with Crippen LogP contribution in [0.2, 0.25) is 0 Å². The van der Waals surface area contributed by atoms with Crippen LogP contribution < -0.4 is 21.9 Å². The summed E-state index contributed by atoms with van der Waals surface area (Å²) in [5.74, 6) is -0.760. The number of hydrogen-bond acceptors (Lipinski definition) is 6. The van der Waals surface area contributed by atoms with E-state index in [9.17, 15) is 22.8 Å². The number of nitrogens with one attached hydrogen (secondary N) is 1. The Bertz CT molecular complexity index is 1170. The Hall–Kier alpha value is -2.86. The average molecular weight is 455 g/mol. The lowest BCUT2D eigenvalue weighted by Gasteiger charge is -2.20. The summed E-state index contributed by atoms with van der Waals surface area (Å²) in [6.45, 7) is 6.29. The molecule has 2 rings (SSSR count). The van der Waals surface area contributed by atoms with Crippen molar-refractivity contribution in [2.24, 2.45) is 7.05 Å². The Morgan fingerprint density at radius 2 is 1.81 bits per heavy atom. The van der Waals surface area contributed by atoms with Crippen LogP contribution in [0.5, 0.6) is 0 Å². The number of carbonyl (C=O) groups is 1. The second-order valence-electron chi connectivity index (χ2n) is 7.12. The maximum Gasteiger partial charge on any atom is 0.330 e. The van der Waals surface area contributed by atoms with Crippen LogP contribution in [0.1, 0.15) is 44.1 Å². The first-order valence-electron chi connectivity index (χ1n) is 10.1. The number of hydrogen-bond donors (Lipinski definition) is 2. The molecule has 0 saturated heterocycles. The zero-order valence-electron chi connectivity index (χ0n) is 18.5. The van der Waals surface area contributed by atoms with Gasteiger partial charge >= 0.3 is 5.69 Å². The molecule has 1 amide bonds. The van der Waals surface area contributed by atoms with Gasteiger partial charge in [0.1, 0.15) is 16.4 Å². The Kier molecular flexibility index (Phi) is 7.49. The van der Waals surface area contributed by atoms with Gasteiger partial charge in [0.2, 0.25) is 10.0 Å². The van der Waals surface area contributed by atoms with Gasteiger partial charge in [-0.2, -0.15) is 4.31 Å². The van der Waals surface area contributed by atoms with E-state index < -0.39 is 27.2 Å². The van der Waals surface area contributed by atoms with Crippen molar-refractivity contribution in [1.82, 2.24) is 18.4 Å². The van der Waals surface area contributed by atoms with Gasteiger partial charge in [0.05, 0.1) is 0 Å². The third-order valence-electron chi connectivity index (χ3n) is 5.13. The Balaban J connectivity index is 2.51. The molecular weight excluding hydrogens is 424 g/mol. The second-order valence-corrected chi connectivity index (χ2v) is 9.06. The highest BCUT2D eigenvalue weighted by atomic mass is 32.2. The lowest BCUT2D eigenvalue weighted by molar-refractivity contribution is 0.0985. The fourth-order valence-electron chi connectivity index (χ4n) is 3.31. The average Bonchev–Trinajstić information content (AvgIpc) is 3.10. The van der Waals surface area contributed by atoms with Crippen molar-refractivity contribution in [3.05, 3.63) is 38.8 Å². The maximum absolute atomic E-state index is 13.1. The van der Waals surface area contributed by atoms with Gasteiger partial charge in [0.25, 0.3) is 11.5 Å². The number of nitrogens with two attached hydrogens (primary N) is 1. The minimum atomic E-state index is -3.76. The normalized spacial score (nSPS) is 11.8. The molecule has 3 N–H and O–H groups in total. The van der Waals surface area contributed by atoms with Crippen LogP contribution in [0.4, 0.5) is 11.5 Å². The molecule has 172 valence electrons. The van der Waals surface area contributed by atoms with E-state index in [1.54, 1.807) is 13.8 Å². The quantitative estimate of drug-likeness (QED) is 0.567. The van der Waals surface area contributed by atoms with Crippen molar-refractivity contribution < 1.29 is 13.2 Å². The number of nitrogen functional groups attached to an aromatic ring is 1. The molecular formula is C19H30N6O5S. The van der Waals surface area contributed by atoms with Crippen molar-refractivity contribution >= 4 is 27.4 Å². The van der Waals surface area contributed by atoms with Crippen molar-refractivity contribution in [2.45, 2.75) is 45.1 Å². The number of sulfonamides is 1. The van der Waals surface area contributed by atoms with Crippen molar-refractivity contribution in [1.29, 1.82) is 0 Å². The first-order valence-corrected chi connectivity index (χ1v) is 11.5. The molecule has 0 bridgehead atoms. The van der Waals surface area contributed by atoms with Crippen LogP contribution in [-0.4, -0.2) is 52.9 Å². The van der Waals surface area contributed by atoms with E-state index >= 15 is 0 Å². The maximum atomic E-state index is 13.1. The first-order chi connectivity index (χ1) is 14.5. The molecule has 0 atom stereocenters. The monoisotopic (exact) mass is 454 g/mol. The Morgan fingerprint density at radius 1 is 1.19 bits per heavy atom. The van der Waals surface area contributed by atoms with Crippen LogP contribution in [0.25, 0.3) is 0 Å². The second kappa shape index (κ2) is 9.52. The molecule has 0 aromatic carbocycles. The van der Waals surface area contributed by atoms with E-state index in [4.69, 9.17) is 5.73 Å². The summed E-state index contributed by atoms with van der Waals surface area (Å²) in [4.78, 5) is 40.9. The number of nitrogens with zero attached hydrogens (tertiary/aromatic N) is 4. The number of aromatic amines is 1. The number of aryl methyl sites for hydroxylation is 1. The summed E-state index contributed by atoms with van der Waals surface area (Å²) in [7, 11) is -0.872. The lowest BCUT2D eigenvalue weighted by atomic mass is 10.3. The van der Waals surface area contributed by atoms with Crippen LogP contribution in [0.3, 0.4) is 0 Å². The van der Waals surface area contributed by atoms with Crippen molar-refractivity contribution in [3.8, 4) is 0 Å². The molecule has 12 heteroatoms. The van der Waals surface area contributed by atoms with Gasteiger partial charge in [0, 0.05) is 39.9 Å². The van der Waals surface area contributed by atoms with Gasteiger partial charge in [-0.3, -0.25) is 19.1 Å². The van der Waals surface area contributed by atoms with Crippen LogP contribution in [0, 0.1) is 0 Å². The number of carbonyl (C=O) groups excluding carboxylic acids is 1. The molecule has 0 spiro atoms. The zero-order chi connectivity index (χ0) is 23.5. The van der Waals surface area contributed by atoms with Gasteiger partial charge in [-0.25, -0.2) is 13.2 Å². The van der Waals surface area contributed by atoms with Crippen LogP contribution in [-0.2, 0) is 23.6 Å². The number of rotatable bonds is 9. The molecule has 11 nitrogen and oxygen atoms in total. The van der Waals surface area contributed by atoms with Crippen molar-refractivity contribution in [2.75, 3.05) is 30.8 Å². The van der Waals surface area contributed by atoms with Gasteiger partial charge in [-0.1, -0.05) is 27.2 Å². The molecule has 0 aliphatic rings. The van der Waals surface area contributed by atoms with Crippen LogP contribution in [0.15, 0.2) is 26.7 Å². The molecule has 0 radical (unpaired) electrons. The molecule has 0 aliphatic carbocycles. The van der Waals surface area contributed by atoms with E-state index in [0.717, 1.165) is 11.3 Å². The fraction of sp³-hybridized carbons (Fsp3) is 0.526. The summed E-state index contributed by atoms with van der Waals surface area (Å²) in [5.41, 5.74) is 4.51. The summed E-state index contributed by atoms with van der Waals surface area (Å²) in [6, 6.07) is 1.27. The highest BCUT2D eigenvalue weighted by Crippen LogP contribution is 2.22. The predicted octanol–water partition coefficient (Wildman–Crippen LogP) is 0.565. The molecule has 2 aromatic heterocycles. The standard InChI is InChI=1S/C19H30N6O5S/c1-6-9-10-25-16(20)15(17(26)21-19(25)28)23(5)18(27)14-11-13(12-22(14)4)31(29,30)24(7-2)8-3/h11-12H,6-10,20H2,1-5H3,(H,21,26,28).